The second-order valence-electron chi connectivity index (χ2n) is 3.77. The quantitative estimate of drug-likeness (QED) is 0.820. The molecule has 0 aliphatic rings. The van der Waals surface area contributed by atoms with E-state index in [-0.39, 0.29) is 18.0 Å². The number of hydrogen-bond donors (Lipinski definition) is 1. The molecule has 0 fully saturated rings. The van der Waals surface area contributed by atoms with Crippen LogP contribution < -0.4 is 25.0 Å². The molecule has 0 saturated carbocycles. The summed E-state index contributed by atoms with van der Waals surface area (Å²) < 4.78 is 16.7. The maximum absolute atomic E-state index is 7.23. The van der Waals surface area contributed by atoms with E-state index in [4.69, 9.17) is 14.9 Å². The summed E-state index contributed by atoms with van der Waals surface area (Å²) in [6.07, 6.45) is 2.32. The Morgan fingerprint density at radius 1 is 1.26 bits per heavy atom. The number of ether oxygens (including phenoxy) is 2. The molecule has 1 aromatic carbocycles. The van der Waals surface area contributed by atoms with Crippen molar-refractivity contribution >= 4 is 12.4 Å². The summed E-state index contributed by atoms with van der Waals surface area (Å²) in [4.78, 5) is 0. The van der Waals surface area contributed by atoms with Gasteiger partial charge in [0.25, 0.3) is 5.55 Å². The molecule has 2 aromatic rings. The van der Waals surface area contributed by atoms with Gasteiger partial charge in [-0.05, 0) is 17.7 Å². The second kappa shape index (κ2) is 6.84. The van der Waals surface area contributed by atoms with Gasteiger partial charge in [0, 0.05) is 6.42 Å². The minimum Gasteiger partial charge on any atom is -0.493 e. The van der Waals surface area contributed by atoms with Crippen LogP contribution in [0, 0.1) is 5.41 Å². The van der Waals surface area contributed by atoms with Crippen molar-refractivity contribution in [2.45, 2.75) is 13.0 Å². The lowest BCUT2D eigenvalue weighted by Crippen LogP contribution is -2.38. The van der Waals surface area contributed by atoms with Gasteiger partial charge in [0.05, 0.1) is 14.2 Å². The van der Waals surface area contributed by atoms with Crippen molar-refractivity contribution in [2.24, 2.45) is 0 Å². The number of nitrogens with zero attached hydrogens (tertiary/aromatic N) is 2. The van der Waals surface area contributed by atoms with E-state index in [0.29, 0.717) is 18.0 Å². The fourth-order valence-electron chi connectivity index (χ4n) is 1.66. The van der Waals surface area contributed by atoms with Crippen molar-refractivity contribution < 1.29 is 18.7 Å². The van der Waals surface area contributed by atoms with Gasteiger partial charge in [-0.25, -0.2) is 4.68 Å². The SMILES string of the molecule is COc1ccc(CC[n+]2cc(=N)o[n-]2)cc1OC.Cl. The van der Waals surface area contributed by atoms with E-state index in [1.54, 1.807) is 25.1 Å². The molecular formula is C12H16ClN3O3. The van der Waals surface area contributed by atoms with Crippen LogP contribution in [0.3, 0.4) is 0 Å². The number of aryl methyl sites for hydroxylation is 2. The van der Waals surface area contributed by atoms with E-state index < -0.39 is 0 Å². The van der Waals surface area contributed by atoms with Gasteiger partial charge < -0.3 is 14.0 Å². The number of hydrogen-bond acceptors (Lipinski definition) is 4. The van der Waals surface area contributed by atoms with E-state index in [1.807, 2.05) is 18.2 Å². The van der Waals surface area contributed by atoms with Crippen molar-refractivity contribution in [3.05, 3.63) is 35.5 Å². The molecule has 104 valence electrons. The van der Waals surface area contributed by atoms with Gasteiger partial charge in [-0.3, -0.25) is 10.7 Å². The van der Waals surface area contributed by atoms with Gasteiger partial charge in [0.1, 0.15) is 6.54 Å². The molecule has 0 spiro atoms. The number of rotatable bonds is 5. The minimum atomic E-state index is 0. The van der Waals surface area contributed by atoms with E-state index in [0.717, 1.165) is 12.0 Å². The molecule has 1 N–H and O–H groups in total. The zero-order valence-electron chi connectivity index (χ0n) is 10.8. The average Bonchev–Trinajstić information content (AvgIpc) is 2.81. The highest BCUT2D eigenvalue weighted by Crippen LogP contribution is 2.27. The van der Waals surface area contributed by atoms with Crippen molar-refractivity contribution in [1.82, 2.24) is 5.27 Å². The molecule has 0 radical (unpaired) electrons. The molecular weight excluding hydrogens is 270 g/mol. The molecule has 1 aromatic heterocycles. The maximum Gasteiger partial charge on any atom is 0.264 e. The van der Waals surface area contributed by atoms with Crippen molar-refractivity contribution in [2.75, 3.05) is 14.2 Å². The fraction of sp³-hybridized carbons (Fsp3) is 0.333. The van der Waals surface area contributed by atoms with E-state index in [1.165, 1.54) is 0 Å². The normalized spacial score (nSPS) is 9.79. The molecule has 0 saturated heterocycles. The number of nitrogens with one attached hydrogen (secondary N) is 1. The Hall–Kier alpha value is -1.95. The highest BCUT2D eigenvalue weighted by atomic mass is 35.5. The third kappa shape index (κ3) is 3.75. The lowest BCUT2D eigenvalue weighted by Gasteiger charge is -2.08. The zero-order chi connectivity index (χ0) is 13.0. The minimum absolute atomic E-state index is 0. The molecule has 0 atom stereocenters. The number of aromatic nitrogens is 2. The first-order chi connectivity index (χ1) is 8.72. The van der Waals surface area contributed by atoms with Crippen molar-refractivity contribution in [1.29, 1.82) is 5.41 Å². The van der Waals surface area contributed by atoms with E-state index >= 15 is 0 Å². The van der Waals surface area contributed by atoms with Crippen LogP contribution in [0.2, 0.25) is 0 Å². The first-order valence-electron chi connectivity index (χ1n) is 5.52. The third-order valence-electron chi connectivity index (χ3n) is 2.59. The Labute approximate surface area is 116 Å². The maximum atomic E-state index is 7.23. The van der Waals surface area contributed by atoms with Gasteiger partial charge in [-0.2, -0.15) is 0 Å². The monoisotopic (exact) mass is 285 g/mol. The standard InChI is InChI=1S/C12H15N3O3.ClH/c1-16-10-4-3-9(7-11(10)17-2)5-6-15-8-12(13)18-14-15;/h3-4,7-8,13H,5-6H2,1-2H3;1H. The van der Waals surface area contributed by atoms with Gasteiger partial charge in [-0.15, -0.1) is 12.4 Å². The van der Waals surface area contributed by atoms with E-state index in [2.05, 4.69) is 9.79 Å². The topological polar surface area (TPSA) is 73.4 Å². The van der Waals surface area contributed by atoms with Gasteiger partial charge in [-0.1, -0.05) is 6.07 Å². The summed E-state index contributed by atoms with van der Waals surface area (Å²) >= 11 is 0. The highest BCUT2D eigenvalue weighted by Gasteiger charge is 2.05. The number of halogens is 1. The lowest BCUT2D eigenvalue weighted by atomic mass is 10.1. The zero-order valence-corrected chi connectivity index (χ0v) is 11.6. The third-order valence-corrected chi connectivity index (χ3v) is 2.59. The molecule has 6 nitrogen and oxygen atoms in total. The van der Waals surface area contributed by atoms with Crippen LogP contribution >= 0.6 is 12.4 Å². The Kier molecular flexibility index (Phi) is 5.44. The van der Waals surface area contributed by atoms with Gasteiger partial charge >= 0.3 is 0 Å². The molecule has 0 amide bonds. The smallest absolute Gasteiger partial charge is 0.264 e. The van der Waals surface area contributed by atoms with Crippen LogP contribution in [0.1, 0.15) is 5.56 Å². The predicted octanol–water partition coefficient (Wildman–Crippen LogP) is 0.685. The van der Waals surface area contributed by atoms with Crippen LogP contribution in [-0.4, -0.2) is 14.2 Å². The molecule has 2 rings (SSSR count). The van der Waals surface area contributed by atoms with Crippen LogP contribution in [-0.2, 0) is 13.0 Å². The van der Waals surface area contributed by atoms with Crippen LogP contribution in [0.5, 0.6) is 11.5 Å². The van der Waals surface area contributed by atoms with E-state index in [9.17, 15) is 0 Å². The molecule has 19 heavy (non-hydrogen) atoms. The van der Waals surface area contributed by atoms with Crippen molar-refractivity contribution in [3.8, 4) is 11.5 Å². The summed E-state index contributed by atoms with van der Waals surface area (Å²) in [5, 5.41) is 10.9. The average molecular weight is 286 g/mol. The Morgan fingerprint density at radius 3 is 2.58 bits per heavy atom. The first kappa shape index (κ1) is 15.1. The van der Waals surface area contributed by atoms with Gasteiger partial charge in [0.15, 0.2) is 11.5 Å². The Morgan fingerprint density at radius 2 is 2.00 bits per heavy atom. The molecule has 1 heterocycles. The van der Waals surface area contributed by atoms with Crippen LogP contribution in [0.4, 0.5) is 0 Å². The number of methoxy groups -OCH3 is 2. The summed E-state index contributed by atoms with van der Waals surface area (Å²) in [6.45, 7) is 0.651. The molecule has 0 unspecified atom stereocenters. The Balaban J connectivity index is 0.00000180. The molecule has 7 heteroatoms. The summed E-state index contributed by atoms with van der Waals surface area (Å²) in [6, 6.07) is 5.78. The summed E-state index contributed by atoms with van der Waals surface area (Å²) in [5.41, 5.74) is 1.16. The highest BCUT2D eigenvalue weighted by molar-refractivity contribution is 5.85. The van der Waals surface area contributed by atoms with Crippen LogP contribution in [0.25, 0.3) is 0 Å². The molecule has 0 aliphatic heterocycles. The lowest BCUT2D eigenvalue weighted by molar-refractivity contribution is -0.767. The second-order valence-corrected chi connectivity index (χ2v) is 3.77. The van der Waals surface area contributed by atoms with Crippen molar-refractivity contribution in [3.63, 3.8) is 0 Å². The van der Waals surface area contributed by atoms with Gasteiger partial charge in [0.2, 0.25) is 6.20 Å². The summed E-state index contributed by atoms with van der Waals surface area (Å²) in [5.74, 6) is 1.42. The largest absolute Gasteiger partial charge is 0.493 e. The molecule has 0 aliphatic carbocycles. The first-order valence-corrected chi connectivity index (χ1v) is 5.52. The van der Waals surface area contributed by atoms with Crippen LogP contribution in [0.15, 0.2) is 28.9 Å². The Bertz CT molecular complexity index is 580. The fourth-order valence-corrected chi connectivity index (χ4v) is 1.66. The summed E-state index contributed by atoms with van der Waals surface area (Å²) in [7, 11) is 3.22. The predicted molar refractivity (Wildman–Crippen MR) is 68.6 cm³/mol. The molecule has 0 bridgehead atoms. The number of benzene rings is 1.